The molecule has 2 aromatic rings. The summed E-state index contributed by atoms with van der Waals surface area (Å²) in [4.78, 5) is 11.1. The minimum atomic E-state index is 0.484. The number of halogens is 2. The average molecular weight is 344 g/mol. The van der Waals surface area contributed by atoms with Gasteiger partial charge >= 0.3 is 0 Å². The Bertz CT molecular complexity index is 672. The van der Waals surface area contributed by atoms with Crippen molar-refractivity contribution in [1.29, 1.82) is 0 Å². The van der Waals surface area contributed by atoms with Crippen LogP contribution in [0.3, 0.4) is 0 Å². The first-order chi connectivity index (χ1) is 9.63. The highest BCUT2D eigenvalue weighted by atomic mass is 35.5. The van der Waals surface area contributed by atoms with Crippen LogP contribution in [0.4, 0.5) is 0 Å². The van der Waals surface area contributed by atoms with Crippen molar-refractivity contribution in [3.05, 3.63) is 28.4 Å². The van der Waals surface area contributed by atoms with Gasteiger partial charge < -0.3 is 4.90 Å². The van der Waals surface area contributed by atoms with E-state index in [4.69, 9.17) is 35.4 Å². The van der Waals surface area contributed by atoms with Gasteiger partial charge in [0.2, 0.25) is 0 Å². The molecular weight excluding hydrogens is 333 g/mol. The van der Waals surface area contributed by atoms with Crippen LogP contribution in [0, 0.1) is 0 Å². The highest BCUT2D eigenvalue weighted by Gasteiger charge is 2.16. The van der Waals surface area contributed by atoms with Crippen molar-refractivity contribution in [2.24, 2.45) is 0 Å². The first kappa shape index (κ1) is 14.3. The van der Waals surface area contributed by atoms with Crippen LogP contribution < -0.4 is 0 Å². The third-order valence-corrected chi connectivity index (χ3v) is 5.19. The van der Waals surface area contributed by atoms with Crippen LogP contribution in [-0.2, 0) is 0 Å². The molecule has 1 aliphatic heterocycles. The zero-order valence-electron chi connectivity index (χ0n) is 10.5. The molecule has 0 atom stereocenters. The van der Waals surface area contributed by atoms with E-state index in [0.29, 0.717) is 10.0 Å². The summed E-state index contributed by atoms with van der Waals surface area (Å²) in [5.41, 5.74) is 1.46. The molecule has 0 N–H and O–H groups in total. The minimum absolute atomic E-state index is 0.484. The second kappa shape index (κ2) is 6.02. The fourth-order valence-electron chi connectivity index (χ4n) is 2.09. The van der Waals surface area contributed by atoms with E-state index < -0.39 is 0 Å². The Hall–Kier alpha value is -0.620. The summed E-state index contributed by atoms with van der Waals surface area (Å²) in [6.45, 7) is 2.07. The van der Waals surface area contributed by atoms with Crippen molar-refractivity contribution in [2.45, 2.75) is 17.9 Å². The van der Waals surface area contributed by atoms with Crippen LogP contribution >= 0.6 is 47.2 Å². The number of thiocarbonyl (C=S) groups is 1. The fourth-order valence-corrected chi connectivity index (χ4v) is 3.59. The molecule has 0 aliphatic carbocycles. The maximum atomic E-state index is 6.01. The maximum absolute atomic E-state index is 6.01. The lowest BCUT2D eigenvalue weighted by Crippen LogP contribution is -2.23. The van der Waals surface area contributed by atoms with Crippen molar-refractivity contribution >= 4 is 62.5 Å². The Kier molecular flexibility index (Phi) is 4.31. The van der Waals surface area contributed by atoms with Crippen LogP contribution in [0.1, 0.15) is 12.8 Å². The van der Waals surface area contributed by atoms with Crippen molar-refractivity contribution in [3.8, 4) is 0 Å². The molecule has 2 heterocycles. The molecule has 3 rings (SSSR count). The highest BCUT2D eigenvalue weighted by Crippen LogP contribution is 2.28. The van der Waals surface area contributed by atoms with E-state index >= 15 is 0 Å². The summed E-state index contributed by atoms with van der Waals surface area (Å²) >= 11 is 18.9. The predicted molar refractivity (Wildman–Crippen MR) is 88.8 cm³/mol. The zero-order chi connectivity index (χ0) is 14.1. The molecule has 0 radical (unpaired) electrons. The Morgan fingerprint density at radius 2 is 1.80 bits per heavy atom. The molecule has 0 spiro atoms. The quantitative estimate of drug-likeness (QED) is 0.565. The van der Waals surface area contributed by atoms with E-state index in [2.05, 4.69) is 14.9 Å². The van der Waals surface area contributed by atoms with Crippen LogP contribution in [0.15, 0.2) is 23.4 Å². The van der Waals surface area contributed by atoms with Crippen molar-refractivity contribution in [2.75, 3.05) is 13.1 Å². The predicted octanol–water partition coefficient (Wildman–Crippen LogP) is 4.41. The molecular formula is C13H11Cl2N3S2. The van der Waals surface area contributed by atoms with E-state index in [9.17, 15) is 0 Å². The van der Waals surface area contributed by atoms with Crippen molar-refractivity contribution in [1.82, 2.24) is 14.9 Å². The Morgan fingerprint density at radius 1 is 1.15 bits per heavy atom. The summed E-state index contributed by atoms with van der Waals surface area (Å²) in [5, 5.41) is 1.76. The van der Waals surface area contributed by atoms with Gasteiger partial charge in [0.15, 0.2) is 0 Å². The lowest BCUT2D eigenvalue weighted by molar-refractivity contribution is 0.539. The molecule has 0 amide bonds. The van der Waals surface area contributed by atoms with Crippen LogP contribution in [-0.4, -0.2) is 32.3 Å². The number of likely N-dealkylation sites (tertiary alicyclic amines) is 1. The number of hydrogen-bond donors (Lipinski definition) is 0. The molecule has 0 saturated carbocycles. The zero-order valence-corrected chi connectivity index (χ0v) is 13.6. The molecule has 1 aromatic carbocycles. The molecule has 104 valence electrons. The highest BCUT2D eigenvalue weighted by molar-refractivity contribution is 8.22. The third-order valence-electron chi connectivity index (χ3n) is 3.12. The van der Waals surface area contributed by atoms with Crippen molar-refractivity contribution < 1.29 is 0 Å². The SMILES string of the molecule is S=C(Sc1cnc2cc(Cl)c(Cl)cc2n1)N1CCCC1. The first-order valence-electron chi connectivity index (χ1n) is 6.22. The van der Waals surface area contributed by atoms with Crippen LogP contribution in [0.25, 0.3) is 11.0 Å². The number of aromatic nitrogens is 2. The molecule has 1 aliphatic rings. The second-order valence-corrected chi connectivity index (χ2v) is 6.99. The van der Waals surface area contributed by atoms with E-state index in [0.717, 1.165) is 33.5 Å². The molecule has 3 nitrogen and oxygen atoms in total. The summed E-state index contributed by atoms with van der Waals surface area (Å²) in [6.07, 6.45) is 4.13. The van der Waals surface area contributed by atoms with Gasteiger partial charge in [-0.1, -0.05) is 35.4 Å². The number of rotatable bonds is 1. The number of fused-ring (bicyclic) bond motifs is 1. The fraction of sp³-hybridized carbons (Fsp3) is 0.308. The third kappa shape index (κ3) is 3.01. The number of thioether (sulfide) groups is 1. The second-order valence-electron chi connectivity index (χ2n) is 4.53. The van der Waals surface area contributed by atoms with Gasteiger partial charge in [0.25, 0.3) is 0 Å². The molecule has 20 heavy (non-hydrogen) atoms. The van der Waals surface area contributed by atoms with Gasteiger partial charge in [-0.05, 0) is 36.7 Å². The lowest BCUT2D eigenvalue weighted by atomic mass is 10.3. The molecule has 1 fully saturated rings. The van der Waals surface area contributed by atoms with E-state index in [1.807, 2.05) is 0 Å². The molecule has 1 aromatic heterocycles. The van der Waals surface area contributed by atoms with Crippen LogP contribution in [0.2, 0.25) is 10.0 Å². The number of benzene rings is 1. The Morgan fingerprint density at radius 3 is 2.50 bits per heavy atom. The number of hydrogen-bond acceptors (Lipinski definition) is 4. The average Bonchev–Trinajstić information content (AvgIpc) is 2.94. The Labute approximate surface area is 136 Å². The number of nitrogens with zero attached hydrogens (tertiary/aromatic N) is 3. The van der Waals surface area contributed by atoms with Crippen molar-refractivity contribution in [3.63, 3.8) is 0 Å². The molecule has 1 saturated heterocycles. The largest absolute Gasteiger partial charge is 0.357 e. The standard InChI is InChI=1S/C13H11Cl2N3S2/c14-8-5-10-11(6-9(8)15)17-12(7-16-10)20-13(19)18-3-1-2-4-18/h5-7H,1-4H2. The summed E-state index contributed by atoms with van der Waals surface area (Å²) in [5.74, 6) is 0. The normalized spacial score (nSPS) is 15.0. The van der Waals surface area contributed by atoms with Gasteiger partial charge in [0.05, 0.1) is 27.3 Å². The van der Waals surface area contributed by atoms with E-state index in [1.54, 1.807) is 18.3 Å². The van der Waals surface area contributed by atoms with Gasteiger partial charge in [-0.25, -0.2) is 4.98 Å². The molecule has 0 unspecified atom stereocenters. The minimum Gasteiger partial charge on any atom is -0.357 e. The van der Waals surface area contributed by atoms with Gasteiger partial charge in [0.1, 0.15) is 9.35 Å². The van der Waals surface area contributed by atoms with E-state index in [-0.39, 0.29) is 0 Å². The van der Waals surface area contributed by atoms with Gasteiger partial charge in [0, 0.05) is 13.1 Å². The Balaban J connectivity index is 1.85. The van der Waals surface area contributed by atoms with Gasteiger partial charge in [-0.2, -0.15) is 0 Å². The molecule has 0 bridgehead atoms. The smallest absolute Gasteiger partial charge is 0.142 e. The maximum Gasteiger partial charge on any atom is 0.142 e. The van der Waals surface area contributed by atoms with Gasteiger partial charge in [-0.15, -0.1) is 0 Å². The molecule has 7 heteroatoms. The summed E-state index contributed by atoms with van der Waals surface area (Å²) < 4.78 is 0.858. The summed E-state index contributed by atoms with van der Waals surface area (Å²) in [6, 6.07) is 3.45. The van der Waals surface area contributed by atoms with Gasteiger partial charge in [-0.3, -0.25) is 4.98 Å². The van der Waals surface area contributed by atoms with Crippen LogP contribution in [0.5, 0.6) is 0 Å². The topological polar surface area (TPSA) is 29.0 Å². The lowest BCUT2D eigenvalue weighted by Gasteiger charge is -2.16. The summed E-state index contributed by atoms with van der Waals surface area (Å²) in [7, 11) is 0. The first-order valence-corrected chi connectivity index (χ1v) is 8.20. The monoisotopic (exact) mass is 343 g/mol. The van der Waals surface area contributed by atoms with E-state index in [1.165, 1.54) is 24.6 Å².